The lowest BCUT2D eigenvalue weighted by atomic mass is 10.0. The Labute approximate surface area is 105 Å². The number of carbonyl (C=O) groups excluding carboxylic acids is 1. The van der Waals surface area contributed by atoms with Gasteiger partial charge in [0.25, 0.3) is 0 Å². The van der Waals surface area contributed by atoms with Crippen LogP contribution in [0.5, 0.6) is 5.75 Å². The van der Waals surface area contributed by atoms with Crippen molar-refractivity contribution in [2.75, 3.05) is 7.11 Å². The first kappa shape index (κ1) is 13.2. The maximum atomic E-state index is 12.1. The fraction of sp³-hybridized carbons (Fsp3) is 0.462. The van der Waals surface area contributed by atoms with Crippen LogP contribution in [-0.2, 0) is 0 Å². The normalized spacial score (nSPS) is 12.2. The Kier molecular flexibility index (Phi) is 5.00. The van der Waals surface area contributed by atoms with Gasteiger partial charge in [0.05, 0.1) is 17.5 Å². The molecular formula is C13H17BrO2. The lowest BCUT2D eigenvalue weighted by Crippen LogP contribution is -2.15. The molecule has 0 heterocycles. The highest BCUT2D eigenvalue weighted by molar-refractivity contribution is 9.10. The number of ether oxygens (including phenoxy) is 1. The van der Waals surface area contributed by atoms with Gasteiger partial charge >= 0.3 is 0 Å². The van der Waals surface area contributed by atoms with Gasteiger partial charge in [0, 0.05) is 0 Å². The van der Waals surface area contributed by atoms with Crippen molar-refractivity contribution < 1.29 is 9.53 Å². The number of hydrogen-bond donors (Lipinski definition) is 0. The number of methoxy groups -OCH3 is 1. The Morgan fingerprint density at radius 3 is 2.75 bits per heavy atom. The summed E-state index contributed by atoms with van der Waals surface area (Å²) in [6.45, 7) is 4.04. The first-order chi connectivity index (χ1) is 7.60. The Balaban J connectivity index is 3.01. The monoisotopic (exact) mass is 284 g/mol. The number of rotatable bonds is 5. The van der Waals surface area contributed by atoms with E-state index < -0.39 is 0 Å². The molecule has 0 aromatic heterocycles. The molecule has 0 aliphatic heterocycles. The summed E-state index contributed by atoms with van der Waals surface area (Å²) in [4.78, 5) is 12.0. The number of benzene rings is 1. The Morgan fingerprint density at radius 2 is 2.19 bits per heavy atom. The molecule has 0 aliphatic carbocycles. The average Bonchev–Trinajstić information content (AvgIpc) is 2.28. The quantitative estimate of drug-likeness (QED) is 0.608. The maximum absolute atomic E-state index is 12.1. The minimum absolute atomic E-state index is 0.0994. The number of carbonyl (C=O) groups is 1. The third-order valence-corrected chi connectivity index (χ3v) is 3.32. The summed E-state index contributed by atoms with van der Waals surface area (Å²) in [6, 6.07) is 5.66. The van der Waals surface area contributed by atoms with Gasteiger partial charge in [-0.15, -0.1) is 0 Å². The van der Waals surface area contributed by atoms with Crippen LogP contribution in [-0.4, -0.2) is 17.7 Å². The topological polar surface area (TPSA) is 26.3 Å². The van der Waals surface area contributed by atoms with Crippen molar-refractivity contribution in [2.45, 2.75) is 31.5 Å². The van der Waals surface area contributed by atoms with E-state index in [1.54, 1.807) is 7.11 Å². The predicted molar refractivity (Wildman–Crippen MR) is 69.7 cm³/mol. The van der Waals surface area contributed by atoms with Gasteiger partial charge in [-0.05, 0) is 25.5 Å². The van der Waals surface area contributed by atoms with Crippen LogP contribution < -0.4 is 4.74 Å². The van der Waals surface area contributed by atoms with E-state index >= 15 is 0 Å². The number of hydrogen-bond acceptors (Lipinski definition) is 2. The number of Topliss-reactive ketones (excluding diaryl/α,β-unsaturated/α-hetero) is 1. The first-order valence-electron chi connectivity index (χ1n) is 5.43. The Hall–Kier alpha value is -0.830. The molecule has 0 aliphatic rings. The van der Waals surface area contributed by atoms with Crippen molar-refractivity contribution >= 4 is 21.7 Å². The molecule has 0 saturated carbocycles. The minimum Gasteiger partial charge on any atom is -0.496 e. The fourth-order valence-electron chi connectivity index (χ4n) is 1.57. The molecule has 1 rings (SSSR count). The molecular weight excluding hydrogens is 268 g/mol. The third-order valence-electron chi connectivity index (χ3n) is 2.45. The van der Waals surface area contributed by atoms with Crippen LogP contribution in [0.4, 0.5) is 0 Å². The van der Waals surface area contributed by atoms with Crippen molar-refractivity contribution in [3.05, 3.63) is 29.3 Å². The van der Waals surface area contributed by atoms with Gasteiger partial charge in [-0.25, -0.2) is 0 Å². The van der Waals surface area contributed by atoms with E-state index in [1.807, 2.05) is 25.1 Å². The molecule has 1 atom stereocenters. The van der Waals surface area contributed by atoms with E-state index in [4.69, 9.17) is 4.74 Å². The number of halogens is 1. The number of alkyl halides is 1. The van der Waals surface area contributed by atoms with Crippen LogP contribution in [0.15, 0.2) is 18.2 Å². The molecule has 2 nitrogen and oxygen atoms in total. The highest BCUT2D eigenvalue weighted by Crippen LogP contribution is 2.24. The van der Waals surface area contributed by atoms with E-state index in [1.165, 1.54) is 0 Å². The summed E-state index contributed by atoms with van der Waals surface area (Å²) in [7, 11) is 1.59. The second-order valence-electron chi connectivity index (χ2n) is 3.82. The van der Waals surface area contributed by atoms with Gasteiger partial charge in [-0.1, -0.05) is 40.9 Å². The zero-order valence-corrected chi connectivity index (χ0v) is 11.5. The molecule has 0 bridgehead atoms. The molecule has 3 heteroatoms. The second kappa shape index (κ2) is 6.04. The zero-order chi connectivity index (χ0) is 12.1. The van der Waals surface area contributed by atoms with Gasteiger partial charge in [-0.2, -0.15) is 0 Å². The van der Waals surface area contributed by atoms with Crippen molar-refractivity contribution in [1.82, 2.24) is 0 Å². The standard InChI is InChI=1S/C13H17BrO2/c1-4-5-11(14)13(15)10-8-9(2)6-7-12(10)16-3/h6-8,11H,4-5H2,1-3H3. The van der Waals surface area contributed by atoms with E-state index in [9.17, 15) is 4.79 Å². The van der Waals surface area contributed by atoms with Gasteiger partial charge in [0.1, 0.15) is 5.75 Å². The largest absolute Gasteiger partial charge is 0.496 e. The average molecular weight is 285 g/mol. The fourth-order valence-corrected chi connectivity index (χ4v) is 2.27. The van der Waals surface area contributed by atoms with Gasteiger partial charge in [-0.3, -0.25) is 4.79 Å². The summed E-state index contributed by atoms with van der Waals surface area (Å²) >= 11 is 3.42. The van der Waals surface area contributed by atoms with E-state index in [2.05, 4.69) is 22.9 Å². The van der Waals surface area contributed by atoms with Gasteiger partial charge in [0.15, 0.2) is 5.78 Å². The van der Waals surface area contributed by atoms with E-state index in [-0.39, 0.29) is 10.6 Å². The lowest BCUT2D eigenvalue weighted by Gasteiger charge is -2.11. The van der Waals surface area contributed by atoms with Crippen molar-refractivity contribution in [3.8, 4) is 5.75 Å². The number of ketones is 1. The number of aryl methyl sites for hydroxylation is 1. The molecule has 0 fully saturated rings. The van der Waals surface area contributed by atoms with Crippen molar-refractivity contribution in [2.24, 2.45) is 0 Å². The van der Waals surface area contributed by atoms with E-state index in [0.717, 1.165) is 18.4 Å². The molecule has 1 aromatic carbocycles. The summed E-state index contributed by atoms with van der Waals surface area (Å²) in [5.74, 6) is 0.749. The zero-order valence-electron chi connectivity index (χ0n) is 9.92. The van der Waals surface area contributed by atoms with Crippen molar-refractivity contribution in [1.29, 1.82) is 0 Å². The Morgan fingerprint density at radius 1 is 1.50 bits per heavy atom. The second-order valence-corrected chi connectivity index (χ2v) is 4.93. The van der Waals surface area contributed by atoms with Crippen LogP contribution in [0.25, 0.3) is 0 Å². The first-order valence-corrected chi connectivity index (χ1v) is 6.34. The molecule has 0 amide bonds. The molecule has 16 heavy (non-hydrogen) atoms. The van der Waals surface area contributed by atoms with Crippen LogP contribution in [0, 0.1) is 6.92 Å². The molecule has 0 saturated heterocycles. The van der Waals surface area contributed by atoms with Gasteiger partial charge in [0.2, 0.25) is 0 Å². The summed E-state index contributed by atoms with van der Waals surface area (Å²) in [5.41, 5.74) is 1.73. The summed E-state index contributed by atoms with van der Waals surface area (Å²) in [6.07, 6.45) is 1.83. The SMILES string of the molecule is CCCC(Br)C(=O)c1cc(C)ccc1OC. The predicted octanol–water partition coefficient (Wildman–Crippen LogP) is 3.75. The Bertz CT molecular complexity index is 374. The van der Waals surface area contributed by atoms with E-state index in [0.29, 0.717) is 11.3 Å². The van der Waals surface area contributed by atoms with Crippen LogP contribution >= 0.6 is 15.9 Å². The maximum Gasteiger partial charge on any atom is 0.180 e. The highest BCUT2D eigenvalue weighted by Gasteiger charge is 2.19. The van der Waals surface area contributed by atoms with Crippen LogP contribution in [0.1, 0.15) is 35.7 Å². The third kappa shape index (κ3) is 3.08. The van der Waals surface area contributed by atoms with Gasteiger partial charge < -0.3 is 4.74 Å². The van der Waals surface area contributed by atoms with Crippen LogP contribution in [0.2, 0.25) is 0 Å². The molecule has 1 aromatic rings. The van der Waals surface area contributed by atoms with Crippen LogP contribution in [0.3, 0.4) is 0 Å². The molecule has 88 valence electrons. The molecule has 0 radical (unpaired) electrons. The molecule has 0 N–H and O–H groups in total. The minimum atomic E-state index is -0.117. The van der Waals surface area contributed by atoms with Crippen molar-refractivity contribution in [3.63, 3.8) is 0 Å². The lowest BCUT2D eigenvalue weighted by molar-refractivity contribution is 0.0985. The summed E-state index contributed by atoms with van der Waals surface area (Å²) < 4.78 is 5.21. The summed E-state index contributed by atoms with van der Waals surface area (Å²) in [5, 5.41) is 0. The smallest absolute Gasteiger partial charge is 0.180 e. The molecule has 0 spiro atoms. The molecule has 1 unspecified atom stereocenters. The highest BCUT2D eigenvalue weighted by atomic mass is 79.9.